The highest BCUT2D eigenvalue weighted by Gasteiger charge is 2.27. The highest BCUT2D eigenvalue weighted by molar-refractivity contribution is 14.1. The van der Waals surface area contributed by atoms with Crippen LogP contribution in [0.1, 0.15) is 23.2 Å². The number of nitrogens with one attached hydrogen (secondary N) is 1. The summed E-state index contributed by atoms with van der Waals surface area (Å²) in [4.78, 5) is 23.2. The summed E-state index contributed by atoms with van der Waals surface area (Å²) < 4.78 is 39.3. The average molecular weight is 658 g/mol. The van der Waals surface area contributed by atoms with E-state index in [2.05, 4.69) is 15.3 Å². The van der Waals surface area contributed by atoms with Crippen LogP contribution in [0, 0.1) is 9.39 Å². The van der Waals surface area contributed by atoms with Gasteiger partial charge in [-0.05, 0) is 66.7 Å². The van der Waals surface area contributed by atoms with Crippen LogP contribution < -0.4 is 29.2 Å². The zero-order valence-corrected chi connectivity index (χ0v) is 24.4. The van der Waals surface area contributed by atoms with Crippen molar-refractivity contribution in [2.24, 2.45) is 0 Å². The summed E-state index contributed by atoms with van der Waals surface area (Å²) in [7, 11) is 4.98. The molecule has 1 aliphatic rings. The molecule has 40 heavy (non-hydrogen) atoms. The Labute approximate surface area is 244 Å². The van der Waals surface area contributed by atoms with Crippen molar-refractivity contribution in [2.45, 2.75) is 18.9 Å². The van der Waals surface area contributed by atoms with Crippen LogP contribution in [0.25, 0.3) is 10.9 Å². The minimum absolute atomic E-state index is 0.0325. The number of methoxy groups -OCH3 is 1. The van der Waals surface area contributed by atoms with Gasteiger partial charge in [0.2, 0.25) is 0 Å². The molecule has 0 spiro atoms. The zero-order valence-electron chi connectivity index (χ0n) is 22.2. The molecule has 0 atom stereocenters. The van der Waals surface area contributed by atoms with Gasteiger partial charge in [-0.3, -0.25) is 14.8 Å². The van der Waals surface area contributed by atoms with E-state index >= 15 is 4.39 Å². The lowest BCUT2D eigenvalue weighted by Crippen LogP contribution is -2.27. The molecule has 1 fully saturated rings. The number of benzene rings is 2. The van der Waals surface area contributed by atoms with E-state index in [-0.39, 0.29) is 17.8 Å². The summed E-state index contributed by atoms with van der Waals surface area (Å²) in [5, 5.41) is 3.66. The summed E-state index contributed by atoms with van der Waals surface area (Å²) in [6.45, 7) is 1.13. The van der Waals surface area contributed by atoms with Crippen molar-refractivity contribution in [3.8, 4) is 28.7 Å². The van der Waals surface area contributed by atoms with E-state index < -0.39 is 5.82 Å². The number of likely N-dealkylation sites (N-methyl/N-ethyl adjacent to an activating group) is 1. The van der Waals surface area contributed by atoms with E-state index in [9.17, 15) is 4.79 Å². The van der Waals surface area contributed by atoms with Gasteiger partial charge in [0.1, 0.15) is 23.7 Å². The molecule has 2 heterocycles. The molecule has 0 aliphatic heterocycles. The summed E-state index contributed by atoms with van der Waals surface area (Å²) in [6.07, 6.45) is 6.68. The molecule has 1 saturated carbocycles. The van der Waals surface area contributed by atoms with Crippen LogP contribution in [-0.4, -0.2) is 56.3 Å². The smallest absolute Gasteiger partial charge is 0.263 e. The lowest BCUT2D eigenvalue weighted by atomic mass is 10.1. The second-order valence-electron chi connectivity index (χ2n) is 9.18. The number of anilines is 1. The molecule has 9 nitrogen and oxygen atoms in total. The maximum atomic E-state index is 15.5. The van der Waals surface area contributed by atoms with Gasteiger partial charge in [0.25, 0.3) is 5.91 Å². The number of ether oxygens (including phenoxy) is 4. The van der Waals surface area contributed by atoms with Crippen LogP contribution in [0.3, 0.4) is 0 Å². The van der Waals surface area contributed by atoms with Crippen LogP contribution >= 0.6 is 22.6 Å². The Morgan fingerprint density at radius 3 is 2.65 bits per heavy atom. The molecule has 0 unspecified atom stereocenters. The van der Waals surface area contributed by atoms with Gasteiger partial charge in [0, 0.05) is 55.4 Å². The molecule has 5 rings (SSSR count). The molecular formula is C29H28FIN4O5. The number of pyridine rings is 2. The second kappa shape index (κ2) is 12.2. The summed E-state index contributed by atoms with van der Waals surface area (Å²) >= 11 is 2.00. The number of rotatable bonds is 11. The third-order valence-corrected chi connectivity index (χ3v) is 7.11. The Bertz CT molecular complexity index is 1530. The third kappa shape index (κ3) is 6.04. The van der Waals surface area contributed by atoms with Crippen molar-refractivity contribution in [3.05, 3.63) is 69.9 Å². The topological polar surface area (TPSA) is 95.0 Å². The van der Waals surface area contributed by atoms with Gasteiger partial charge in [-0.1, -0.05) is 0 Å². The fourth-order valence-corrected chi connectivity index (χ4v) is 4.70. The van der Waals surface area contributed by atoms with Crippen LogP contribution in [0.4, 0.5) is 10.1 Å². The first-order valence-corrected chi connectivity index (χ1v) is 13.8. The lowest BCUT2D eigenvalue weighted by Gasteiger charge is -2.21. The van der Waals surface area contributed by atoms with Crippen LogP contribution in [0.5, 0.6) is 28.7 Å². The van der Waals surface area contributed by atoms with Crippen molar-refractivity contribution in [1.29, 1.82) is 0 Å². The van der Waals surface area contributed by atoms with Crippen LogP contribution in [0.15, 0.2) is 55.0 Å². The Balaban J connectivity index is 1.41. The number of halogens is 2. The van der Waals surface area contributed by atoms with Gasteiger partial charge < -0.3 is 29.2 Å². The SMILES string of the molecule is CNCCOc1cc2nccc(Oc3c(F)cc(N(C)C(=O)c4cnccc4OC4CC4)cc3I)c2cc1OC. The van der Waals surface area contributed by atoms with Crippen molar-refractivity contribution >= 4 is 45.1 Å². The van der Waals surface area contributed by atoms with E-state index in [1.165, 1.54) is 17.2 Å². The van der Waals surface area contributed by atoms with Gasteiger partial charge in [-0.2, -0.15) is 0 Å². The fourth-order valence-electron chi connectivity index (χ4n) is 4.01. The van der Waals surface area contributed by atoms with Gasteiger partial charge in [-0.25, -0.2) is 4.39 Å². The summed E-state index contributed by atoms with van der Waals surface area (Å²) in [5.41, 5.74) is 1.29. The van der Waals surface area contributed by atoms with Crippen molar-refractivity contribution in [3.63, 3.8) is 0 Å². The quantitative estimate of drug-likeness (QED) is 0.165. The van der Waals surface area contributed by atoms with E-state index in [1.807, 2.05) is 29.6 Å². The molecule has 0 saturated heterocycles. The Hall–Kier alpha value is -3.71. The molecule has 4 aromatic rings. The van der Waals surface area contributed by atoms with Gasteiger partial charge >= 0.3 is 0 Å². The van der Waals surface area contributed by atoms with E-state index in [0.29, 0.717) is 61.9 Å². The molecule has 1 N–H and O–H groups in total. The Morgan fingerprint density at radius 1 is 1.12 bits per heavy atom. The zero-order chi connectivity index (χ0) is 28.2. The minimum atomic E-state index is -0.619. The van der Waals surface area contributed by atoms with Gasteiger partial charge in [-0.15, -0.1) is 0 Å². The molecule has 0 radical (unpaired) electrons. The monoisotopic (exact) mass is 658 g/mol. The number of hydrogen-bond acceptors (Lipinski definition) is 8. The van der Waals surface area contributed by atoms with Crippen molar-refractivity contribution in [1.82, 2.24) is 15.3 Å². The predicted molar refractivity (Wildman–Crippen MR) is 158 cm³/mol. The first-order chi connectivity index (χ1) is 19.4. The van der Waals surface area contributed by atoms with Crippen LogP contribution in [-0.2, 0) is 0 Å². The number of amides is 1. The minimum Gasteiger partial charge on any atom is -0.493 e. The number of nitrogens with zero attached hydrogens (tertiary/aromatic N) is 3. The first kappa shape index (κ1) is 27.8. The second-order valence-corrected chi connectivity index (χ2v) is 10.3. The Kier molecular flexibility index (Phi) is 8.50. The number of carbonyl (C=O) groups excluding carboxylic acids is 1. The van der Waals surface area contributed by atoms with Gasteiger partial charge in [0.05, 0.1) is 22.3 Å². The molecule has 1 aliphatic carbocycles. The lowest BCUT2D eigenvalue weighted by molar-refractivity contribution is 0.0988. The molecule has 208 valence electrons. The molecule has 2 aromatic carbocycles. The van der Waals surface area contributed by atoms with Gasteiger partial charge in [0.15, 0.2) is 23.1 Å². The standard InChI is InChI=1S/C29H28FIN4O5/c1-32-10-11-38-27-15-23-19(14-26(27)37-3)24(7-9-34-23)40-28-21(30)12-17(13-22(28)31)35(2)29(36)20-16-33-8-6-25(20)39-18-4-5-18/h6-9,12-16,18,32H,4-5,10-11H2,1-3H3. The Morgan fingerprint density at radius 2 is 1.93 bits per heavy atom. The molecule has 11 heteroatoms. The first-order valence-electron chi connectivity index (χ1n) is 12.7. The number of carbonyl (C=O) groups is 1. The van der Waals surface area contributed by atoms with Crippen molar-refractivity contribution in [2.75, 3.05) is 39.3 Å². The van der Waals surface area contributed by atoms with Crippen LogP contribution in [0.2, 0.25) is 0 Å². The normalized spacial score (nSPS) is 12.7. The highest BCUT2D eigenvalue weighted by Crippen LogP contribution is 2.40. The largest absolute Gasteiger partial charge is 0.493 e. The summed E-state index contributed by atoms with van der Waals surface area (Å²) in [5.74, 6) is 0.986. The molecule has 2 aromatic heterocycles. The molecule has 1 amide bonds. The predicted octanol–water partition coefficient (Wildman–Crippen LogP) is 5.59. The fraction of sp³-hybridized carbons (Fsp3) is 0.276. The number of hydrogen-bond donors (Lipinski definition) is 1. The number of aromatic nitrogens is 2. The summed E-state index contributed by atoms with van der Waals surface area (Å²) in [6, 6.07) is 9.81. The average Bonchev–Trinajstić information content (AvgIpc) is 3.78. The molecular weight excluding hydrogens is 630 g/mol. The van der Waals surface area contributed by atoms with E-state index in [1.54, 1.807) is 56.9 Å². The maximum Gasteiger partial charge on any atom is 0.263 e. The number of fused-ring (bicyclic) bond motifs is 1. The third-order valence-electron chi connectivity index (χ3n) is 6.31. The van der Waals surface area contributed by atoms with E-state index in [4.69, 9.17) is 18.9 Å². The van der Waals surface area contributed by atoms with E-state index in [0.717, 1.165) is 12.8 Å². The highest BCUT2D eigenvalue weighted by atomic mass is 127. The maximum absolute atomic E-state index is 15.5. The van der Waals surface area contributed by atoms with Crippen molar-refractivity contribution < 1.29 is 28.1 Å². The molecule has 0 bridgehead atoms.